The van der Waals surface area contributed by atoms with Crippen molar-refractivity contribution in [3.8, 4) is 17.4 Å². The molecule has 8 rings (SSSR count). The number of ether oxygens (including phenoxy) is 2. The maximum Gasteiger partial charge on any atom is 2.00 e. The van der Waals surface area contributed by atoms with Gasteiger partial charge in [0.2, 0.25) is 0 Å². The van der Waals surface area contributed by atoms with E-state index in [1.54, 1.807) is 12.4 Å². The van der Waals surface area contributed by atoms with Crippen LogP contribution in [0.1, 0.15) is 54.8 Å². The predicted octanol–water partition coefficient (Wildman–Crippen LogP) is 7.41. The minimum Gasteiger partial charge on any atom is -0.528 e. The molecule has 4 aromatic heterocycles. The molecule has 1 aliphatic heterocycles. The van der Waals surface area contributed by atoms with Crippen LogP contribution >= 0.6 is 0 Å². The van der Waals surface area contributed by atoms with Crippen LogP contribution in [0.2, 0.25) is 0 Å². The number of fused-ring (bicyclic) bond motifs is 6. The van der Waals surface area contributed by atoms with Gasteiger partial charge in [0.1, 0.15) is 23.7 Å². The fourth-order valence-electron chi connectivity index (χ4n) is 6.04. The Labute approximate surface area is 270 Å². The smallest absolute Gasteiger partial charge is 0.528 e. The Morgan fingerprint density at radius 3 is 2.66 bits per heavy atom. The zero-order valence-corrected chi connectivity index (χ0v) is 27.0. The van der Waals surface area contributed by atoms with E-state index in [9.17, 15) is 0 Å². The molecule has 0 fully saturated rings. The minimum absolute atomic E-state index is 0. The summed E-state index contributed by atoms with van der Waals surface area (Å²) in [6.45, 7) is 8.49. The summed E-state index contributed by atoms with van der Waals surface area (Å²) in [4.78, 5) is 19.2. The zero-order chi connectivity index (χ0) is 29.3. The maximum absolute atomic E-state index is 6.34. The molecular weight excluding hydrogens is 730 g/mol. The van der Waals surface area contributed by atoms with Gasteiger partial charge in [-0.1, -0.05) is 56.7 Å². The first kappa shape index (κ1) is 28.4. The number of hydrogen-bond acceptors (Lipinski definition) is 6. The molecule has 220 valence electrons. The van der Waals surface area contributed by atoms with E-state index < -0.39 is 0 Å². The van der Waals surface area contributed by atoms with Gasteiger partial charge in [0.25, 0.3) is 0 Å². The maximum atomic E-state index is 6.34. The van der Waals surface area contributed by atoms with Gasteiger partial charge in [-0.3, -0.25) is 9.55 Å². The van der Waals surface area contributed by atoms with E-state index in [0.29, 0.717) is 28.9 Å². The molecule has 0 bridgehead atoms. The first-order valence-electron chi connectivity index (χ1n) is 14.5. The fourth-order valence-corrected chi connectivity index (χ4v) is 6.04. The van der Waals surface area contributed by atoms with Crippen LogP contribution in [0.5, 0.6) is 11.6 Å². The topological polar surface area (TPSA) is 74.4 Å². The molecule has 0 unspecified atom stereocenters. The van der Waals surface area contributed by atoms with Gasteiger partial charge in [-0.15, -0.1) is 23.8 Å². The summed E-state index contributed by atoms with van der Waals surface area (Å²) in [5, 5.41) is 2.18. The Bertz CT molecular complexity index is 2090. The van der Waals surface area contributed by atoms with E-state index in [0.717, 1.165) is 34.1 Å². The molecular formula is C36H29N5O2Pt. The quantitative estimate of drug-likeness (QED) is 0.175. The van der Waals surface area contributed by atoms with Gasteiger partial charge < -0.3 is 14.5 Å². The molecule has 0 saturated carbocycles. The van der Waals surface area contributed by atoms with Crippen LogP contribution in [-0.4, -0.2) is 31.5 Å². The number of aromatic nitrogens is 4. The van der Waals surface area contributed by atoms with Crippen molar-refractivity contribution >= 4 is 27.8 Å². The zero-order valence-electron chi connectivity index (χ0n) is 24.7. The fraction of sp³-hybridized carbons (Fsp3) is 0.222. The Morgan fingerprint density at radius 2 is 1.80 bits per heavy atom. The summed E-state index contributed by atoms with van der Waals surface area (Å²) < 4.78 is 14.7. The first-order valence-corrected chi connectivity index (χ1v) is 14.5. The summed E-state index contributed by atoms with van der Waals surface area (Å²) >= 11 is 0. The van der Waals surface area contributed by atoms with Crippen molar-refractivity contribution in [3.05, 3.63) is 119 Å². The monoisotopic (exact) mass is 758 g/mol. The molecule has 7 nitrogen and oxygen atoms in total. The molecule has 0 saturated heterocycles. The van der Waals surface area contributed by atoms with Gasteiger partial charge in [0.15, 0.2) is 5.88 Å². The molecule has 6 aromatic rings. The van der Waals surface area contributed by atoms with Crippen molar-refractivity contribution in [2.75, 3.05) is 0 Å². The summed E-state index contributed by atoms with van der Waals surface area (Å²) in [5.74, 6) is 1.98. The molecule has 2 aromatic carbocycles. The van der Waals surface area contributed by atoms with Gasteiger partial charge in [-0.05, 0) is 65.4 Å². The van der Waals surface area contributed by atoms with Crippen molar-refractivity contribution in [3.63, 3.8) is 0 Å². The van der Waals surface area contributed by atoms with Gasteiger partial charge in [-0.25, -0.2) is 9.97 Å². The van der Waals surface area contributed by atoms with Gasteiger partial charge in [-0.2, -0.15) is 6.07 Å². The summed E-state index contributed by atoms with van der Waals surface area (Å²) in [7, 11) is 0. The van der Waals surface area contributed by atoms with E-state index in [-0.39, 0.29) is 38.6 Å². The van der Waals surface area contributed by atoms with Crippen molar-refractivity contribution in [2.45, 2.75) is 51.7 Å². The molecule has 1 aliphatic carbocycles. The van der Waals surface area contributed by atoms with Crippen LogP contribution in [0.25, 0.3) is 27.8 Å². The van der Waals surface area contributed by atoms with E-state index in [4.69, 9.17) is 24.4 Å². The molecule has 0 spiro atoms. The Hall–Kier alpha value is -4.35. The second-order valence-electron chi connectivity index (χ2n) is 12.3. The number of rotatable bonds is 4. The molecule has 0 N–H and O–H groups in total. The predicted molar refractivity (Wildman–Crippen MR) is 166 cm³/mol. The SMILES string of the molecule is Cc1ccc2c(c1)c1cccnc1n2-c1[c-]c(Oc2[c-]c(C3=N[C@@H]4c5ccccc5C[C@@H]4O3)ccn2)cc(C(C)(C)C)n1.[Pt+2]. The van der Waals surface area contributed by atoms with Crippen LogP contribution in [0.3, 0.4) is 0 Å². The third-order valence-corrected chi connectivity index (χ3v) is 8.17. The second kappa shape index (κ2) is 10.7. The molecule has 2 aliphatic rings. The van der Waals surface area contributed by atoms with Crippen molar-refractivity contribution in [1.29, 1.82) is 0 Å². The standard InChI is InChI=1S/C36H29N5O2.Pt/c1-21-11-12-28-27(16-21)26-10-7-14-38-34(26)41(28)31-20-24(19-30(39-31)36(2,3)4)42-32-18-23(13-15-37-32)35-40-33-25-9-6-5-8-22(25)17-29(33)43-35;/h5-16,19,29,33H,17H2,1-4H3;/q-2;+2/t29-,33+;/m0./s1. The first-order chi connectivity index (χ1) is 20.8. The van der Waals surface area contributed by atoms with Crippen molar-refractivity contribution in [2.24, 2.45) is 4.99 Å². The Balaban J connectivity index is 0.00000312. The van der Waals surface area contributed by atoms with E-state index in [1.165, 1.54) is 16.7 Å². The third-order valence-electron chi connectivity index (χ3n) is 8.17. The number of pyridine rings is 3. The number of nitrogens with zero attached hydrogens (tertiary/aromatic N) is 5. The van der Waals surface area contributed by atoms with E-state index in [2.05, 4.69) is 97.9 Å². The molecule has 0 radical (unpaired) electrons. The number of aliphatic imine (C=N–C) groups is 1. The molecule has 2 atom stereocenters. The van der Waals surface area contributed by atoms with Crippen LogP contribution in [0, 0.1) is 19.1 Å². The summed E-state index contributed by atoms with van der Waals surface area (Å²) in [5.41, 5.74) is 6.88. The van der Waals surface area contributed by atoms with Crippen LogP contribution < -0.4 is 4.74 Å². The van der Waals surface area contributed by atoms with E-state index in [1.807, 2.05) is 18.2 Å². The van der Waals surface area contributed by atoms with Gasteiger partial charge in [0.05, 0.1) is 5.52 Å². The Kier molecular flexibility index (Phi) is 6.89. The minimum atomic E-state index is -0.246. The van der Waals surface area contributed by atoms with Crippen molar-refractivity contribution < 1.29 is 30.5 Å². The average Bonchev–Trinajstić information content (AvgIpc) is 3.66. The molecule has 0 amide bonds. The van der Waals surface area contributed by atoms with Gasteiger partial charge >= 0.3 is 21.1 Å². The second-order valence-corrected chi connectivity index (χ2v) is 12.3. The normalized spacial score (nSPS) is 17.1. The summed E-state index contributed by atoms with van der Waals surface area (Å²) in [6, 6.07) is 29.3. The average molecular weight is 759 g/mol. The third kappa shape index (κ3) is 4.80. The number of benzene rings is 2. The molecule has 5 heterocycles. The Morgan fingerprint density at radius 1 is 0.932 bits per heavy atom. The number of aryl methyl sites for hydroxylation is 1. The number of hydrogen-bond donors (Lipinski definition) is 0. The van der Waals surface area contributed by atoms with Crippen LogP contribution in [-0.2, 0) is 37.6 Å². The van der Waals surface area contributed by atoms with Crippen LogP contribution in [0.15, 0.2) is 84.1 Å². The van der Waals surface area contributed by atoms with Crippen molar-refractivity contribution in [1.82, 2.24) is 19.5 Å². The molecule has 44 heavy (non-hydrogen) atoms. The van der Waals surface area contributed by atoms with Gasteiger partial charge in [0, 0.05) is 29.2 Å². The molecule has 8 heteroatoms. The largest absolute Gasteiger partial charge is 2.00 e. The van der Waals surface area contributed by atoms with E-state index >= 15 is 0 Å². The summed E-state index contributed by atoms with van der Waals surface area (Å²) in [6.07, 6.45) is 4.36. The van der Waals surface area contributed by atoms with Crippen LogP contribution in [0.4, 0.5) is 0 Å².